The van der Waals surface area contributed by atoms with Crippen molar-refractivity contribution in [3.63, 3.8) is 0 Å². The summed E-state index contributed by atoms with van der Waals surface area (Å²) in [5, 5.41) is 3.06. The zero-order valence-corrected chi connectivity index (χ0v) is 8.46. The fraction of sp³-hybridized carbons (Fsp3) is 0.889. The van der Waals surface area contributed by atoms with E-state index in [2.05, 4.69) is 5.32 Å². The molecule has 3 nitrogen and oxygen atoms in total. The van der Waals surface area contributed by atoms with Gasteiger partial charge in [0, 0.05) is 12.6 Å². The Hall–Kier alpha value is -0.710. The molecule has 0 aromatic carbocycles. The normalized spacial score (nSPS) is 22.9. The number of nitrogens with one attached hydrogen (secondary N) is 1. The number of carbonyl (C=O) groups is 1. The van der Waals surface area contributed by atoms with Gasteiger partial charge in [0.05, 0.1) is 12.6 Å². The minimum Gasteiger partial charge on any atom is -0.336 e. The average Bonchev–Trinajstić information content (AvgIpc) is 2.34. The molecule has 1 rings (SSSR count). The summed E-state index contributed by atoms with van der Waals surface area (Å²) in [6.45, 7) is 3.87. The summed E-state index contributed by atoms with van der Waals surface area (Å²) in [6, 6.07) is -0.0656. The maximum Gasteiger partial charge on any atom is 0.255 e. The third-order valence-corrected chi connectivity index (χ3v) is 2.19. The van der Waals surface area contributed by atoms with E-state index in [1.54, 1.807) is 0 Å². The maximum absolute atomic E-state index is 12.0. The lowest BCUT2D eigenvalue weighted by Gasteiger charge is -2.17. The van der Waals surface area contributed by atoms with Gasteiger partial charge in [-0.25, -0.2) is 8.78 Å². The number of hydrogen-bond donors (Lipinski definition) is 1. The first kappa shape index (κ1) is 11.4. The monoisotopic (exact) mass is 206 g/mol. The zero-order chi connectivity index (χ0) is 10.7. The highest BCUT2D eigenvalue weighted by molar-refractivity contribution is 5.84. The van der Waals surface area contributed by atoms with Crippen LogP contribution in [0.15, 0.2) is 0 Å². The van der Waals surface area contributed by atoms with E-state index in [-0.39, 0.29) is 18.0 Å². The van der Waals surface area contributed by atoms with Crippen molar-refractivity contribution in [3.8, 4) is 0 Å². The number of likely N-dealkylation sites (tertiary alicyclic amines) is 1. The fourth-order valence-corrected chi connectivity index (χ4v) is 1.64. The molecule has 1 fully saturated rings. The molecule has 1 aliphatic heterocycles. The largest absolute Gasteiger partial charge is 0.336 e. The Morgan fingerprint density at radius 3 is 2.71 bits per heavy atom. The molecule has 1 amide bonds. The van der Waals surface area contributed by atoms with Crippen LogP contribution < -0.4 is 5.32 Å². The van der Waals surface area contributed by atoms with Crippen molar-refractivity contribution in [2.24, 2.45) is 0 Å². The standard InChI is InChI=1S/C9H16F2N2O/c1-6(2)12-7-3-4-13(9(7)14)5-8(10)11/h6-8,12H,3-5H2,1-2H3. The topological polar surface area (TPSA) is 32.3 Å². The van der Waals surface area contributed by atoms with Gasteiger partial charge in [-0.05, 0) is 6.42 Å². The quantitative estimate of drug-likeness (QED) is 0.739. The van der Waals surface area contributed by atoms with E-state index in [1.807, 2.05) is 13.8 Å². The molecule has 0 radical (unpaired) electrons. The van der Waals surface area contributed by atoms with Crippen molar-refractivity contribution >= 4 is 5.91 Å². The van der Waals surface area contributed by atoms with Crippen LogP contribution in [0.25, 0.3) is 0 Å². The van der Waals surface area contributed by atoms with Crippen molar-refractivity contribution in [3.05, 3.63) is 0 Å². The Morgan fingerprint density at radius 1 is 1.57 bits per heavy atom. The van der Waals surface area contributed by atoms with E-state index < -0.39 is 13.0 Å². The second kappa shape index (κ2) is 4.68. The first-order chi connectivity index (χ1) is 6.50. The number of nitrogens with zero attached hydrogens (tertiary/aromatic N) is 1. The van der Waals surface area contributed by atoms with Gasteiger partial charge in [0.1, 0.15) is 0 Å². The molecule has 0 aromatic heterocycles. The van der Waals surface area contributed by atoms with Gasteiger partial charge in [-0.15, -0.1) is 0 Å². The summed E-state index contributed by atoms with van der Waals surface area (Å²) >= 11 is 0. The van der Waals surface area contributed by atoms with Crippen LogP contribution in [0.3, 0.4) is 0 Å². The van der Waals surface area contributed by atoms with Gasteiger partial charge in [0.25, 0.3) is 6.43 Å². The molecular weight excluding hydrogens is 190 g/mol. The lowest BCUT2D eigenvalue weighted by atomic mass is 10.2. The summed E-state index contributed by atoms with van der Waals surface area (Å²) in [5.41, 5.74) is 0. The Labute approximate surface area is 82.5 Å². The van der Waals surface area contributed by atoms with E-state index in [9.17, 15) is 13.6 Å². The van der Waals surface area contributed by atoms with E-state index in [1.165, 1.54) is 4.90 Å². The predicted molar refractivity (Wildman–Crippen MR) is 49.3 cm³/mol. The SMILES string of the molecule is CC(C)NC1CCN(CC(F)F)C1=O. The van der Waals surface area contributed by atoms with Crippen LogP contribution in [-0.4, -0.2) is 42.4 Å². The highest BCUT2D eigenvalue weighted by atomic mass is 19.3. The van der Waals surface area contributed by atoms with Crippen LogP contribution in [0.2, 0.25) is 0 Å². The summed E-state index contributed by atoms with van der Waals surface area (Å²) in [5.74, 6) is -0.195. The smallest absolute Gasteiger partial charge is 0.255 e. The summed E-state index contributed by atoms with van der Waals surface area (Å²) in [4.78, 5) is 12.7. The first-order valence-corrected chi connectivity index (χ1v) is 4.83. The van der Waals surface area contributed by atoms with Gasteiger partial charge in [0.15, 0.2) is 0 Å². The molecule has 1 unspecified atom stereocenters. The van der Waals surface area contributed by atoms with Gasteiger partial charge in [0.2, 0.25) is 5.91 Å². The average molecular weight is 206 g/mol. The van der Waals surface area contributed by atoms with Gasteiger partial charge < -0.3 is 10.2 Å². The molecule has 0 aliphatic carbocycles. The molecule has 5 heteroatoms. The number of alkyl halides is 2. The van der Waals surface area contributed by atoms with Gasteiger partial charge in [-0.2, -0.15) is 0 Å². The van der Waals surface area contributed by atoms with Gasteiger partial charge >= 0.3 is 0 Å². The summed E-state index contributed by atoms with van der Waals surface area (Å²) < 4.78 is 24.1. The minimum absolute atomic E-state index is 0.195. The molecule has 14 heavy (non-hydrogen) atoms. The van der Waals surface area contributed by atoms with Crippen LogP contribution in [-0.2, 0) is 4.79 Å². The van der Waals surface area contributed by atoms with Crippen molar-refractivity contribution in [2.45, 2.75) is 38.8 Å². The molecule has 1 heterocycles. The van der Waals surface area contributed by atoms with Crippen LogP contribution in [0, 0.1) is 0 Å². The maximum atomic E-state index is 12.0. The highest BCUT2D eigenvalue weighted by Crippen LogP contribution is 2.13. The molecule has 1 N–H and O–H groups in total. The second-order valence-corrected chi connectivity index (χ2v) is 3.84. The highest BCUT2D eigenvalue weighted by Gasteiger charge is 2.32. The Bertz CT molecular complexity index is 189. The van der Waals surface area contributed by atoms with Crippen LogP contribution in [0.4, 0.5) is 8.78 Å². The number of rotatable bonds is 4. The summed E-state index contributed by atoms with van der Waals surface area (Å²) in [6.07, 6.45) is -1.80. The zero-order valence-electron chi connectivity index (χ0n) is 8.46. The number of carbonyl (C=O) groups excluding carboxylic acids is 1. The van der Waals surface area contributed by atoms with Crippen molar-refractivity contribution in [1.29, 1.82) is 0 Å². The number of amides is 1. The second-order valence-electron chi connectivity index (χ2n) is 3.84. The van der Waals surface area contributed by atoms with E-state index in [4.69, 9.17) is 0 Å². The number of halogens is 2. The Kier molecular flexibility index (Phi) is 3.80. The minimum atomic E-state index is -2.43. The van der Waals surface area contributed by atoms with Crippen LogP contribution >= 0.6 is 0 Å². The van der Waals surface area contributed by atoms with Crippen molar-refractivity contribution in [1.82, 2.24) is 10.2 Å². The molecule has 82 valence electrons. The van der Waals surface area contributed by atoms with Crippen molar-refractivity contribution < 1.29 is 13.6 Å². The molecule has 0 aromatic rings. The molecule has 0 saturated carbocycles. The van der Waals surface area contributed by atoms with Crippen LogP contribution in [0.1, 0.15) is 20.3 Å². The lowest BCUT2D eigenvalue weighted by molar-refractivity contribution is -0.131. The third kappa shape index (κ3) is 2.90. The van der Waals surface area contributed by atoms with E-state index in [0.29, 0.717) is 13.0 Å². The molecule has 1 aliphatic rings. The molecule has 0 spiro atoms. The van der Waals surface area contributed by atoms with E-state index in [0.717, 1.165) is 0 Å². The Balaban J connectivity index is 2.43. The first-order valence-electron chi connectivity index (χ1n) is 4.83. The van der Waals surface area contributed by atoms with Crippen LogP contribution in [0.5, 0.6) is 0 Å². The molecule has 0 bridgehead atoms. The lowest BCUT2D eigenvalue weighted by Crippen LogP contribution is -2.42. The molecular formula is C9H16F2N2O. The molecule has 1 atom stereocenters. The number of hydrogen-bond acceptors (Lipinski definition) is 2. The third-order valence-electron chi connectivity index (χ3n) is 2.19. The fourth-order valence-electron chi connectivity index (χ4n) is 1.64. The molecule has 1 saturated heterocycles. The van der Waals surface area contributed by atoms with Gasteiger partial charge in [-0.3, -0.25) is 4.79 Å². The van der Waals surface area contributed by atoms with Crippen molar-refractivity contribution in [2.75, 3.05) is 13.1 Å². The van der Waals surface area contributed by atoms with Gasteiger partial charge in [-0.1, -0.05) is 13.8 Å². The summed E-state index contributed by atoms with van der Waals surface area (Å²) in [7, 11) is 0. The Morgan fingerprint density at radius 2 is 2.21 bits per heavy atom. The predicted octanol–water partition coefficient (Wildman–Crippen LogP) is 0.850. The van der Waals surface area contributed by atoms with E-state index >= 15 is 0 Å².